The van der Waals surface area contributed by atoms with Crippen LogP contribution in [0.2, 0.25) is 0 Å². The minimum absolute atomic E-state index is 0.328. The Labute approximate surface area is 162 Å². The maximum atomic E-state index is 11.7. The van der Waals surface area contributed by atoms with E-state index in [-0.39, 0.29) is 5.97 Å². The van der Waals surface area contributed by atoms with Gasteiger partial charge in [-0.1, -0.05) is 24.3 Å². The van der Waals surface area contributed by atoms with E-state index < -0.39 is 0 Å². The van der Waals surface area contributed by atoms with Crippen LogP contribution in [-0.2, 0) is 4.74 Å². The quantitative estimate of drug-likeness (QED) is 0.464. The summed E-state index contributed by atoms with van der Waals surface area (Å²) < 4.78 is 10.8. The predicted octanol–water partition coefficient (Wildman–Crippen LogP) is 5.06. The molecule has 2 aromatic carbocycles. The SMILES string of the molecule is CCOC(=O)c1ccc(-c2ccc(/C=C(/C#N)c3ccc(C#N)cc3)o2)cc1. The first-order valence-electron chi connectivity index (χ1n) is 8.64. The average molecular weight is 368 g/mol. The number of furan rings is 1. The Morgan fingerprint density at radius 1 is 1.00 bits per heavy atom. The molecule has 0 aliphatic heterocycles. The molecule has 1 aromatic heterocycles. The van der Waals surface area contributed by atoms with Crippen LogP contribution in [0.5, 0.6) is 0 Å². The van der Waals surface area contributed by atoms with Crippen LogP contribution in [0.3, 0.4) is 0 Å². The van der Waals surface area contributed by atoms with Crippen molar-refractivity contribution in [1.29, 1.82) is 10.5 Å². The van der Waals surface area contributed by atoms with Gasteiger partial charge in [0.15, 0.2) is 0 Å². The van der Waals surface area contributed by atoms with Gasteiger partial charge in [-0.05, 0) is 55.0 Å². The van der Waals surface area contributed by atoms with Crippen LogP contribution >= 0.6 is 0 Å². The normalized spacial score (nSPS) is 10.8. The molecule has 5 heteroatoms. The smallest absolute Gasteiger partial charge is 0.338 e. The molecule has 0 saturated heterocycles. The molecule has 1 heterocycles. The highest BCUT2D eigenvalue weighted by Crippen LogP contribution is 2.26. The Morgan fingerprint density at radius 3 is 2.29 bits per heavy atom. The number of benzene rings is 2. The third-order valence-electron chi connectivity index (χ3n) is 4.04. The van der Waals surface area contributed by atoms with Crippen molar-refractivity contribution < 1.29 is 13.9 Å². The average Bonchev–Trinajstić information content (AvgIpc) is 3.21. The molecule has 0 unspecified atom stereocenters. The number of nitrogens with zero attached hydrogens (tertiary/aromatic N) is 2. The Hall–Kier alpha value is -4.09. The molecule has 0 bridgehead atoms. The number of esters is 1. The first-order valence-corrected chi connectivity index (χ1v) is 8.64. The molecule has 0 saturated carbocycles. The lowest BCUT2D eigenvalue weighted by Gasteiger charge is -2.02. The summed E-state index contributed by atoms with van der Waals surface area (Å²) in [6.45, 7) is 2.09. The van der Waals surface area contributed by atoms with Gasteiger partial charge in [-0.2, -0.15) is 10.5 Å². The van der Waals surface area contributed by atoms with E-state index in [1.807, 2.05) is 0 Å². The van der Waals surface area contributed by atoms with Crippen molar-refractivity contribution in [3.05, 3.63) is 83.1 Å². The number of hydrogen-bond donors (Lipinski definition) is 0. The highest BCUT2D eigenvalue weighted by atomic mass is 16.5. The van der Waals surface area contributed by atoms with E-state index in [2.05, 4.69) is 12.1 Å². The topological polar surface area (TPSA) is 87.0 Å². The van der Waals surface area contributed by atoms with Crippen molar-refractivity contribution in [2.24, 2.45) is 0 Å². The van der Waals surface area contributed by atoms with E-state index in [1.165, 1.54) is 0 Å². The first-order chi connectivity index (χ1) is 13.6. The number of hydrogen-bond acceptors (Lipinski definition) is 5. The van der Waals surface area contributed by atoms with Gasteiger partial charge in [0, 0.05) is 5.56 Å². The lowest BCUT2D eigenvalue weighted by atomic mass is 10.0. The lowest BCUT2D eigenvalue weighted by molar-refractivity contribution is 0.0526. The van der Waals surface area contributed by atoms with E-state index in [0.717, 1.165) is 5.56 Å². The van der Waals surface area contributed by atoms with Gasteiger partial charge in [-0.3, -0.25) is 0 Å². The van der Waals surface area contributed by atoms with E-state index in [4.69, 9.17) is 14.4 Å². The van der Waals surface area contributed by atoms with E-state index >= 15 is 0 Å². The van der Waals surface area contributed by atoms with Crippen molar-refractivity contribution >= 4 is 17.6 Å². The molecule has 0 fully saturated rings. The number of carbonyl (C=O) groups is 1. The summed E-state index contributed by atoms with van der Waals surface area (Å²) in [4.78, 5) is 11.7. The lowest BCUT2D eigenvalue weighted by Crippen LogP contribution is -2.03. The number of carbonyl (C=O) groups excluding carboxylic acids is 1. The monoisotopic (exact) mass is 368 g/mol. The molecule has 0 radical (unpaired) electrons. The standard InChI is InChI=1S/C23H16N2O3/c1-2-27-23(26)19-9-7-18(8-10-19)22-12-11-21(28-22)13-20(15-25)17-5-3-16(14-24)4-6-17/h3-13H,2H2,1H3/b20-13-. The van der Waals surface area contributed by atoms with Crippen LogP contribution in [0.1, 0.15) is 34.2 Å². The Bertz CT molecular complexity index is 1090. The van der Waals surface area contributed by atoms with Crippen LogP contribution in [0.25, 0.3) is 23.0 Å². The zero-order valence-electron chi connectivity index (χ0n) is 15.2. The molecule has 3 aromatic rings. The first kappa shape index (κ1) is 18.7. The molecule has 136 valence electrons. The van der Waals surface area contributed by atoms with Crippen molar-refractivity contribution in [3.8, 4) is 23.5 Å². The molecule has 28 heavy (non-hydrogen) atoms. The van der Waals surface area contributed by atoms with Gasteiger partial charge in [0.25, 0.3) is 0 Å². The summed E-state index contributed by atoms with van der Waals surface area (Å²) in [5.41, 5.74) is 2.96. The van der Waals surface area contributed by atoms with Crippen LogP contribution in [0.4, 0.5) is 0 Å². The van der Waals surface area contributed by atoms with Crippen LogP contribution in [0, 0.1) is 22.7 Å². The van der Waals surface area contributed by atoms with Crippen molar-refractivity contribution in [2.45, 2.75) is 6.92 Å². The van der Waals surface area contributed by atoms with Gasteiger partial charge in [0.05, 0.1) is 35.4 Å². The molecule has 0 spiro atoms. The summed E-state index contributed by atoms with van der Waals surface area (Å²) in [5.74, 6) is 0.794. The third kappa shape index (κ3) is 4.17. The Morgan fingerprint density at radius 2 is 1.68 bits per heavy atom. The zero-order valence-corrected chi connectivity index (χ0v) is 15.2. The van der Waals surface area contributed by atoms with E-state index in [0.29, 0.717) is 40.4 Å². The van der Waals surface area contributed by atoms with Gasteiger partial charge in [0.1, 0.15) is 11.5 Å². The largest absolute Gasteiger partial charge is 0.462 e. The number of ether oxygens (including phenoxy) is 1. The molecule has 0 atom stereocenters. The van der Waals surface area contributed by atoms with Gasteiger partial charge >= 0.3 is 5.97 Å². The van der Waals surface area contributed by atoms with Crippen molar-refractivity contribution in [3.63, 3.8) is 0 Å². The fourth-order valence-electron chi connectivity index (χ4n) is 2.62. The fraction of sp³-hybridized carbons (Fsp3) is 0.0870. The molecule has 5 nitrogen and oxygen atoms in total. The zero-order chi connectivity index (χ0) is 19.9. The van der Waals surface area contributed by atoms with E-state index in [9.17, 15) is 10.1 Å². The second-order valence-corrected chi connectivity index (χ2v) is 5.86. The fourth-order valence-corrected chi connectivity index (χ4v) is 2.62. The maximum absolute atomic E-state index is 11.7. The Balaban J connectivity index is 1.82. The predicted molar refractivity (Wildman–Crippen MR) is 105 cm³/mol. The van der Waals surface area contributed by atoms with Crippen molar-refractivity contribution in [2.75, 3.05) is 6.61 Å². The molecule has 0 N–H and O–H groups in total. The van der Waals surface area contributed by atoms with Gasteiger partial charge in [-0.15, -0.1) is 0 Å². The van der Waals surface area contributed by atoms with Gasteiger partial charge < -0.3 is 9.15 Å². The number of allylic oxidation sites excluding steroid dienone is 1. The van der Waals surface area contributed by atoms with Gasteiger partial charge in [-0.25, -0.2) is 4.79 Å². The minimum atomic E-state index is -0.363. The third-order valence-corrected chi connectivity index (χ3v) is 4.04. The highest BCUT2D eigenvalue weighted by Gasteiger charge is 2.09. The highest BCUT2D eigenvalue weighted by molar-refractivity contribution is 5.90. The molecular weight excluding hydrogens is 352 g/mol. The van der Waals surface area contributed by atoms with Crippen molar-refractivity contribution in [1.82, 2.24) is 0 Å². The number of rotatable bonds is 5. The molecule has 0 amide bonds. The van der Waals surface area contributed by atoms with Crippen LogP contribution in [-0.4, -0.2) is 12.6 Å². The number of nitriles is 2. The summed E-state index contributed by atoms with van der Waals surface area (Å²) in [7, 11) is 0. The molecule has 0 aliphatic carbocycles. The maximum Gasteiger partial charge on any atom is 0.338 e. The van der Waals surface area contributed by atoms with Gasteiger partial charge in [0.2, 0.25) is 0 Å². The summed E-state index contributed by atoms with van der Waals surface area (Å²) in [6, 6.07) is 21.5. The Kier molecular flexibility index (Phi) is 5.69. The molecule has 0 aliphatic rings. The van der Waals surface area contributed by atoms with E-state index in [1.54, 1.807) is 73.7 Å². The molecule has 3 rings (SSSR count). The summed E-state index contributed by atoms with van der Waals surface area (Å²) in [5, 5.41) is 18.3. The minimum Gasteiger partial charge on any atom is -0.462 e. The second kappa shape index (κ2) is 8.53. The summed E-state index contributed by atoms with van der Waals surface area (Å²) in [6.07, 6.45) is 1.65. The summed E-state index contributed by atoms with van der Waals surface area (Å²) >= 11 is 0. The van der Waals surface area contributed by atoms with Crippen LogP contribution < -0.4 is 0 Å². The second-order valence-electron chi connectivity index (χ2n) is 5.86. The van der Waals surface area contributed by atoms with Crippen LogP contribution in [0.15, 0.2) is 65.1 Å². The molecular formula is C23H16N2O3.